The van der Waals surface area contributed by atoms with Gasteiger partial charge >= 0.3 is 5.97 Å². The van der Waals surface area contributed by atoms with E-state index in [4.69, 9.17) is 11.6 Å². The van der Waals surface area contributed by atoms with E-state index in [0.29, 0.717) is 23.7 Å². The molecule has 1 aliphatic rings. The number of hydrogen-bond donors (Lipinski definition) is 2. The van der Waals surface area contributed by atoms with E-state index in [-0.39, 0.29) is 12.5 Å². The summed E-state index contributed by atoms with van der Waals surface area (Å²) in [6.45, 7) is 2.32. The molecule has 0 spiro atoms. The van der Waals surface area contributed by atoms with Crippen molar-refractivity contribution in [2.24, 2.45) is 0 Å². The lowest BCUT2D eigenvalue weighted by molar-refractivity contribution is -0.149. The standard InChI is InChI=1S/C14H17ClN2O3/c1-14(13(19)20)7-4-8-17(14)9-12(18)16-11-6-3-2-5-10(11)15/h2-3,5-6H,4,7-9H2,1H3,(H,16,18)(H,19,20). The lowest BCUT2D eigenvalue weighted by atomic mass is 9.99. The molecule has 1 aromatic rings. The first-order valence-electron chi connectivity index (χ1n) is 6.46. The van der Waals surface area contributed by atoms with E-state index < -0.39 is 11.5 Å². The third kappa shape index (κ3) is 2.94. The third-order valence-corrected chi connectivity index (χ3v) is 4.06. The molecule has 1 aliphatic heterocycles. The molecule has 1 aromatic carbocycles. The molecule has 1 amide bonds. The van der Waals surface area contributed by atoms with E-state index in [1.807, 2.05) is 0 Å². The van der Waals surface area contributed by atoms with Crippen molar-refractivity contribution < 1.29 is 14.7 Å². The molecule has 1 saturated heterocycles. The average molecular weight is 297 g/mol. The Morgan fingerprint density at radius 2 is 2.15 bits per heavy atom. The summed E-state index contributed by atoms with van der Waals surface area (Å²) in [6.07, 6.45) is 1.34. The minimum atomic E-state index is -0.960. The van der Waals surface area contributed by atoms with Crippen LogP contribution in [-0.2, 0) is 9.59 Å². The van der Waals surface area contributed by atoms with Crippen molar-refractivity contribution in [1.29, 1.82) is 0 Å². The largest absolute Gasteiger partial charge is 0.480 e. The molecule has 0 radical (unpaired) electrons. The summed E-state index contributed by atoms with van der Waals surface area (Å²) >= 11 is 5.97. The van der Waals surface area contributed by atoms with Crippen LogP contribution in [0.1, 0.15) is 19.8 Å². The number of carbonyl (C=O) groups is 2. The number of amides is 1. The van der Waals surface area contributed by atoms with Gasteiger partial charge in [-0.2, -0.15) is 0 Å². The Bertz CT molecular complexity index is 535. The summed E-state index contributed by atoms with van der Waals surface area (Å²) < 4.78 is 0. The van der Waals surface area contributed by atoms with Crippen LogP contribution in [-0.4, -0.2) is 40.5 Å². The zero-order chi connectivity index (χ0) is 14.8. The highest BCUT2D eigenvalue weighted by Crippen LogP contribution is 2.29. The summed E-state index contributed by atoms with van der Waals surface area (Å²) in [5.74, 6) is -1.15. The predicted octanol–water partition coefficient (Wildman–Crippen LogP) is 2.22. The van der Waals surface area contributed by atoms with E-state index in [1.165, 1.54) is 0 Å². The van der Waals surface area contributed by atoms with Gasteiger partial charge in [0.2, 0.25) is 5.91 Å². The second-order valence-electron chi connectivity index (χ2n) is 5.13. The molecule has 108 valence electrons. The number of carboxylic acid groups (broad SMARTS) is 1. The van der Waals surface area contributed by atoms with Gasteiger partial charge in [0.25, 0.3) is 0 Å². The number of carboxylic acids is 1. The van der Waals surface area contributed by atoms with E-state index >= 15 is 0 Å². The van der Waals surface area contributed by atoms with Crippen LogP contribution in [0.3, 0.4) is 0 Å². The van der Waals surface area contributed by atoms with Crippen LogP contribution in [0.25, 0.3) is 0 Å². The van der Waals surface area contributed by atoms with Gasteiger partial charge in [0.15, 0.2) is 0 Å². The number of carbonyl (C=O) groups excluding carboxylic acids is 1. The molecule has 1 atom stereocenters. The van der Waals surface area contributed by atoms with Crippen LogP contribution in [0, 0.1) is 0 Å². The maximum atomic E-state index is 12.0. The fourth-order valence-corrected chi connectivity index (χ4v) is 2.62. The Hall–Kier alpha value is -1.59. The van der Waals surface area contributed by atoms with Gasteiger partial charge in [-0.15, -0.1) is 0 Å². The summed E-state index contributed by atoms with van der Waals surface area (Å²) in [5.41, 5.74) is -0.423. The molecule has 5 nitrogen and oxygen atoms in total. The van der Waals surface area contributed by atoms with E-state index in [1.54, 1.807) is 36.1 Å². The van der Waals surface area contributed by atoms with Gasteiger partial charge in [0.05, 0.1) is 17.3 Å². The Kier molecular flexibility index (Phi) is 4.30. The summed E-state index contributed by atoms with van der Waals surface area (Å²) in [5, 5.41) is 12.5. The van der Waals surface area contributed by atoms with Gasteiger partial charge in [-0.3, -0.25) is 14.5 Å². The first kappa shape index (κ1) is 14.8. The molecular formula is C14H17ClN2O3. The molecule has 1 heterocycles. The zero-order valence-corrected chi connectivity index (χ0v) is 12.0. The Morgan fingerprint density at radius 3 is 2.80 bits per heavy atom. The number of rotatable bonds is 4. The smallest absolute Gasteiger partial charge is 0.323 e. The summed E-state index contributed by atoms with van der Waals surface area (Å²) in [6, 6.07) is 6.95. The topological polar surface area (TPSA) is 69.6 Å². The highest BCUT2D eigenvalue weighted by atomic mass is 35.5. The van der Waals surface area contributed by atoms with Gasteiger partial charge < -0.3 is 10.4 Å². The van der Waals surface area contributed by atoms with Crippen molar-refractivity contribution in [1.82, 2.24) is 4.90 Å². The minimum absolute atomic E-state index is 0.0496. The van der Waals surface area contributed by atoms with E-state index in [2.05, 4.69) is 5.32 Å². The van der Waals surface area contributed by atoms with Crippen LogP contribution in [0.2, 0.25) is 5.02 Å². The van der Waals surface area contributed by atoms with Gasteiger partial charge in [-0.1, -0.05) is 23.7 Å². The van der Waals surface area contributed by atoms with Crippen LogP contribution < -0.4 is 5.32 Å². The number of hydrogen-bond acceptors (Lipinski definition) is 3. The van der Waals surface area contributed by atoms with Gasteiger partial charge in [-0.25, -0.2) is 0 Å². The van der Waals surface area contributed by atoms with Crippen LogP contribution in [0.15, 0.2) is 24.3 Å². The maximum absolute atomic E-state index is 12.0. The van der Waals surface area contributed by atoms with Gasteiger partial charge in [0, 0.05) is 0 Å². The predicted molar refractivity (Wildman–Crippen MR) is 76.9 cm³/mol. The lowest BCUT2D eigenvalue weighted by Crippen LogP contribution is -2.50. The number of benzene rings is 1. The third-order valence-electron chi connectivity index (χ3n) is 3.73. The van der Waals surface area contributed by atoms with E-state index in [9.17, 15) is 14.7 Å². The highest BCUT2D eigenvalue weighted by molar-refractivity contribution is 6.33. The molecular weight excluding hydrogens is 280 g/mol. The monoisotopic (exact) mass is 296 g/mol. The molecule has 6 heteroatoms. The second-order valence-corrected chi connectivity index (χ2v) is 5.54. The molecule has 2 rings (SSSR count). The first-order chi connectivity index (χ1) is 9.43. The van der Waals surface area contributed by atoms with Crippen LogP contribution in [0.5, 0.6) is 0 Å². The number of halogens is 1. The maximum Gasteiger partial charge on any atom is 0.323 e. The number of nitrogens with zero attached hydrogens (tertiary/aromatic N) is 1. The summed E-state index contributed by atoms with van der Waals surface area (Å²) in [4.78, 5) is 25.1. The van der Waals surface area contributed by atoms with Crippen molar-refractivity contribution in [2.75, 3.05) is 18.4 Å². The first-order valence-corrected chi connectivity index (χ1v) is 6.84. The zero-order valence-electron chi connectivity index (χ0n) is 11.2. The molecule has 1 fully saturated rings. The molecule has 0 bridgehead atoms. The van der Waals surface area contributed by atoms with Crippen molar-refractivity contribution in [3.05, 3.63) is 29.3 Å². The average Bonchev–Trinajstić information content (AvgIpc) is 2.75. The number of nitrogens with one attached hydrogen (secondary N) is 1. The fourth-order valence-electron chi connectivity index (χ4n) is 2.44. The normalized spacial score (nSPS) is 22.7. The molecule has 0 saturated carbocycles. The van der Waals surface area contributed by atoms with E-state index in [0.717, 1.165) is 6.42 Å². The number of likely N-dealkylation sites (tertiary alicyclic amines) is 1. The molecule has 1 unspecified atom stereocenters. The Balaban J connectivity index is 2.02. The molecule has 2 N–H and O–H groups in total. The number of anilines is 1. The summed E-state index contributed by atoms with van der Waals surface area (Å²) in [7, 11) is 0. The fraction of sp³-hybridized carbons (Fsp3) is 0.429. The molecule has 20 heavy (non-hydrogen) atoms. The van der Waals surface area contributed by atoms with Crippen molar-refractivity contribution in [3.8, 4) is 0 Å². The minimum Gasteiger partial charge on any atom is -0.480 e. The number of aliphatic carboxylic acids is 1. The second kappa shape index (κ2) is 5.81. The highest BCUT2D eigenvalue weighted by Gasteiger charge is 2.43. The SMILES string of the molecule is CC1(C(=O)O)CCCN1CC(=O)Nc1ccccc1Cl. The molecule has 0 aromatic heterocycles. The van der Waals surface area contributed by atoms with Crippen LogP contribution in [0.4, 0.5) is 5.69 Å². The number of para-hydroxylation sites is 1. The van der Waals surface area contributed by atoms with Crippen molar-refractivity contribution >= 4 is 29.2 Å². The van der Waals surface area contributed by atoms with Crippen LogP contribution >= 0.6 is 11.6 Å². The van der Waals surface area contributed by atoms with Gasteiger partial charge in [-0.05, 0) is 38.4 Å². The van der Waals surface area contributed by atoms with Crippen molar-refractivity contribution in [2.45, 2.75) is 25.3 Å². The lowest BCUT2D eigenvalue weighted by Gasteiger charge is -2.30. The quantitative estimate of drug-likeness (QED) is 0.894. The molecule has 0 aliphatic carbocycles. The Labute approximate surface area is 122 Å². The van der Waals surface area contributed by atoms with Crippen molar-refractivity contribution in [3.63, 3.8) is 0 Å². The van der Waals surface area contributed by atoms with Gasteiger partial charge in [0.1, 0.15) is 5.54 Å². The Morgan fingerprint density at radius 1 is 1.45 bits per heavy atom.